The van der Waals surface area contributed by atoms with Gasteiger partial charge in [-0.1, -0.05) is 25.5 Å². The maximum absolute atomic E-state index is 6.05. The minimum absolute atomic E-state index is 0.0299. The highest BCUT2D eigenvalue weighted by molar-refractivity contribution is 5.29. The molecule has 3 nitrogen and oxygen atoms in total. The van der Waals surface area contributed by atoms with Crippen LogP contribution >= 0.6 is 0 Å². The summed E-state index contributed by atoms with van der Waals surface area (Å²) in [6.07, 6.45) is 2.35. The predicted molar refractivity (Wildman–Crippen MR) is 74.8 cm³/mol. The van der Waals surface area contributed by atoms with Crippen LogP contribution in [0.2, 0.25) is 0 Å². The summed E-state index contributed by atoms with van der Waals surface area (Å²) in [7, 11) is 1.66. The average molecular weight is 251 g/mol. The first-order valence-corrected chi connectivity index (χ1v) is 6.63. The van der Waals surface area contributed by atoms with Crippen LogP contribution in [0, 0.1) is 0 Å². The highest BCUT2D eigenvalue weighted by Gasteiger charge is 2.19. The van der Waals surface area contributed by atoms with E-state index in [2.05, 4.69) is 13.8 Å². The van der Waals surface area contributed by atoms with Gasteiger partial charge in [0.05, 0.1) is 19.3 Å². The Kier molecular flexibility index (Phi) is 6.16. The zero-order valence-electron chi connectivity index (χ0n) is 11.8. The van der Waals surface area contributed by atoms with E-state index in [-0.39, 0.29) is 18.2 Å². The number of rotatable bonds is 7. The normalized spacial score (nSPS) is 16.1. The van der Waals surface area contributed by atoms with Gasteiger partial charge in [0.25, 0.3) is 0 Å². The molecule has 102 valence electrons. The van der Waals surface area contributed by atoms with Crippen molar-refractivity contribution in [3.8, 4) is 5.75 Å². The lowest BCUT2D eigenvalue weighted by molar-refractivity contribution is -0.0187. The zero-order chi connectivity index (χ0) is 13.5. The van der Waals surface area contributed by atoms with Gasteiger partial charge >= 0.3 is 0 Å². The molecule has 0 aliphatic carbocycles. The summed E-state index contributed by atoms with van der Waals surface area (Å²) in [6, 6.07) is 7.89. The van der Waals surface area contributed by atoms with E-state index in [1.165, 1.54) is 0 Å². The maximum Gasteiger partial charge on any atom is 0.118 e. The summed E-state index contributed by atoms with van der Waals surface area (Å²) >= 11 is 0. The number of nitrogens with two attached hydrogens (primary N) is 1. The topological polar surface area (TPSA) is 44.5 Å². The Morgan fingerprint density at radius 3 is 2.22 bits per heavy atom. The van der Waals surface area contributed by atoms with Gasteiger partial charge in [0.2, 0.25) is 0 Å². The molecule has 0 heterocycles. The molecule has 3 heteroatoms. The van der Waals surface area contributed by atoms with Crippen LogP contribution < -0.4 is 10.5 Å². The van der Waals surface area contributed by atoms with Crippen LogP contribution in [0.1, 0.15) is 45.3 Å². The van der Waals surface area contributed by atoms with Gasteiger partial charge in [-0.05, 0) is 38.0 Å². The van der Waals surface area contributed by atoms with Crippen LogP contribution in [0.4, 0.5) is 0 Å². The van der Waals surface area contributed by atoms with Crippen molar-refractivity contribution in [1.82, 2.24) is 0 Å². The van der Waals surface area contributed by atoms with Gasteiger partial charge in [0.15, 0.2) is 0 Å². The van der Waals surface area contributed by atoms with Crippen molar-refractivity contribution in [1.29, 1.82) is 0 Å². The Morgan fingerprint density at radius 1 is 1.17 bits per heavy atom. The molecule has 0 aliphatic rings. The molecule has 1 aromatic rings. The Morgan fingerprint density at radius 2 is 1.78 bits per heavy atom. The standard InChI is InChI=1S/C15H25NO2/c1-5-6-11(2)18-15(12(3)16)13-7-9-14(17-4)10-8-13/h7-12,15H,5-6,16H2,1-4H3. The quantitative estimate of drug-likeness (QED) is 0.808. The van der Waals surface area contributed by atoms with Gasteiger partial charge in [0.1, 0.15) is 5.75 Å². The number of methoxy groups -OCH3 is 1. The van der Waals surface area contributed by atoms with E-state index in [0.717, 1.165) is 24.2 Å². The van der Waals surface area contributed by atoms with E-state index >= 15 is 0 Å². The van der Waals surface area contributed by atoms with Crippen molar-refractivity contribution in [3.63, 3.8) is 0 Å². The molecule has 2 N–H and O–H groups in total. The SMILES string of the molecule is CCCC(C)OC(c1ccc(OC)cc1)C(C)N. The second kappa shape index (κ2) is 7.39. The molecule has 1 aromatic carbocycles. The molecule has 0 saturated heterocycles. The van der Waals surface area contributed by atoms with E-state index in [1.54, 1.807) is 7.11 Å². The Bertz CT molecular complexity index is 335. The van der Waals surface area contributed by atoms with Crippen LogP contribution in [0.15, 0.2) is 24.3 Å². The molecular weight excluding hydrogens is 226 g/mol. The lowest BCUT2D eigenvalue weighted by Gasteiger charge is -2.26. The summed E-state index contributed by atoms with van der Waals surface area (Å²) < 4.78 is 11.2. The first kappa shape index (κ1) is 15.0. The number of hydrogen-bond donors (Lipinski definition) is 1. The molecule has 0 fully saturated rings. The Hall–Kier alpha value is -1.06. The average Bonchev–Trinajstić information content (AvgIpc) is 2.36. The zero-order valence-corrected chi connectivity index (χ0v) is 11.8. The molecule has 0 radical (unpaired) electrons. The van der Waals surface area contributed by atoms with Crippen LogP contribution in [-0.4, -0.2) is 19.3 Å². The van der Waals surface area contributed by atoms with Gasteiger partial charge in [0, 0.05) is 6.04 Å². The Labute approximate surface area is 110 Å². The van der Waals surface area contributed by atoms with Crippen molar-refractivity contribution in [2.75, 3.05) is 7.11 Å². The van der Waals surface area contributed by atoms with Crippen molar-refractivity contribution < 1.29 is 9.47 Å². The first-order valence-electron chi connectivity index (χ1n) is 6.63. The van der Waals surface area contributed by atoms with E-state index in [1.807, 2.05) is 31.2 Å². The van der Waals surface area contributed by atoms with Gasteiger partial charge < -0.3 is 15.2 Å². The molecule has 1 rings (SSSR count). The van der Waals surface area contributed by atoms with Crippen LogP contribution in [0.25, 0.3) is 0 Å². The third-order valence-corrected chi connectivity index (χ3v) is 3.00. The molecule has 0 amide bonds. The smallest absolute Gasteiger partial charge is 0.118 e. The summed E-state index contributed by atoms with van der Waals surface area (Å²) in [4.78, 5) is 0. The van der Waals surface area contributed by atoms with E-state index in [4.69, 9.17) is 15.2 Å². The molecule has 18 heavy (non-hydrogen) atoms. The molecule has 0 saturated carbocycles. The fourth-order valence-corrected chi connectivity index (χ4v) is 2.02. The molecule has 0 bridgehead atoms. The maximum atomic E-state index is 6.05. The highest BCUT2D eigenvalue weighted by atomic mass is 16.5. The first-order chi connectivity index (χ1) is 8.58. The summed E-state index contributed by atoms with van der Waals surface area (Å²) in [5.41, 5.74) is 7.13. The summed E-state index contributed by atoms with van der Waals surface area (Å²) in [5, 5.41) is 0. The largest absolute Gasteiger partial charge is 0.497 e. The van der Waals surface area contributed by atoms with Crippen molar-refractivity contribution >= 4 is 0 Å². The monoisotopic (exact) mass is 251 g/mol. The van der Waals surface area contributed by atoms with E-state index in [9.17, 15) is 0 Å². The predicted octanol–water partition coefficient (Wildman–Crippen LogP) is 3.29. The minimum atomic E-state index is -0.0579. The fourth-order valence-electron chi connectivity index (χ4n) is 2.02. The molecule has 3 unspecified atom stereocenters. The molecule has 0 aromatic heterocycles. The number of hydrogen-bond acceptors (Lipinski definition) is 3. The van der Waals surface area contributed by atoms with Crippen molar-refractivity contribution in [2.45, 2.75) is 51.9 Å². The van der Waals surface area contributed by atoms with E-state index < -0.39 is 0 Å². The molecule has 0 spiro atoms. The van der Waals surface area contributed by atoms with Gasteiger partial charge in [-0.25, -0.2) is 0 Å². The summed E-state index contributed by atoms with van der Waals surface area (Å²) in [5.74, 6) is 0.851. The van der Waals surface area contributed by atoms with Crippen LogP contribution in [0.5, 0.6) is 5.75 Å². The van der Waals surface area contributed by atoms with Gasteiger partial charge in [-0.2, -0.15) is 0 Å². The van der Waals surface area contributed by atoms with Gasteiger partial charge in [-0.3, -0.25) is 0 Å². The minimum Gasteiger partial charge on any atom is -0.497 e. The van der Waals surface area contributed by atoms with Crippen LogP contribution in [-0.2, 0) is 4.74 Å². The second-order valence-electron chi connectivity index (χ2n) is 4.79. The fraction of sp³-hybridized carbons (Fsp3) is 0.600. The number of benzene rings is 1. The molecule has 3 atom stereocenters. The molecular formula is C15H25NO2. The van der Waals surface area contributed by atoms with Crippen molar-refractivity contribution in [2.24, 2.45) is 5.73 Å². The third-order valence-electron chi connectivity index (χ3n) is 3.00. The van der Waals surface area contributed by atoms with Crippen LogP contribution in [0.3, 0.4) is 0 Å². The lowest BCUT2D eigenvalue weighted by Crippen LogP contribution is -2.29. The highest BCUT2D eigenvalue weighted by Crippen LogP contribution is 2.25. The third kappa shape index (κ3) is 4.31. The Balaban J connectivity index is 2.76. The lowest BCUT2D eigenvalue weighted by atomic mass is 10.0. The number of ether oxygens (including phenoxy) is 2. The van der Waals surface area contributed by atoms with E-state index in [0.29, 0.717) is 0 Å². The second-order valence-corrected chi connectivity index (χ2v) is 4.79. The molecule has 0 aliphatic heterocycles. The van der Waals surface area contributed by atoms with Crippen molar-refractivity contribution in [3.05, 3.63) is 29.8 Å². The van der Waals surface area contributed by atoms with Gasteiger partial charge in [-0.15, -0.1) is 0 Å². The summed E-state index contributed by atoms with van der Waals surface area (Å²) in [6.45, 7) is 6.24.